The van der Waals surface area contributed by atoms with Gasteiger partial charge in [0.2, 0.25) is 5.75 Å². The van der Waals surface area contributed by atoms with Crippen LogP contribution >= 0.6 is 0 Å². The molecule has 0 atom stereocenters. The molecule has 0 aliphatic carbocycles. The fourth-order valence-corrected chi connectivity index (χ4v) is 2.29. The summed E-state index contributed by atoms with van der Waals surface area (Å²) in [6.45, 7) is 5.57. The monoisotopic (exact) mass is 274 g/mol. The minimum Gasteiger partial charge on any atom is -0.507 e. The smallest absolute Gasteiger partial charge is 0.200 e. The topological polar surface area (TPSA) is 80.9 Å². The molecule has 0 radical (unpaired) electrons. The maximum Gasteiger partial charge on any atom is 0.200 e. The van der Waals surface area contributed by atoms with Crippen molar-refractivity contribution in [3.63, 3.8) is 0 Å². The normalized spacial score (nSPS) is 10.8. The lowest BCUT2D eigenvalue weighted by Crippen LogP contribution is -1.97. The van der Waals surface area contributed by atoms with Gasteiger partial charge in [0.05, 0.1) is 0 Å². The van der Waals surface area contributed by atoms with Gasteiger partial charge in [0, 0.05) is 12.0 Å². The molecule has 106 valence electrons. The molecule has 0 spiro atoms. The van der Waals surface area contributed by atoms with E-state index in [1.54, 1.807) is 6.07 Å². The first-order valence-corrected chi connectivity index (χ1v) is 6.34. The standard InChI is InChI=1S/C16H18O4/c1-8-6-12(9(2)10(3)14(8)18)7-11-4-5-13(17)16(20)15(11)19/h4-6,17-20H,7H2,1-3H3. The molecule has 0 aromatic heterocycles. The Hall–Kier alpha value is -2.36. The average molecular weight is 274 g/mol. The van der Waals surface area contributed by atoms with Crippen LogP contribution in [0, 0.1) is 20.8 Å². The van der Waals surface area contributed by atoms with Crippen LogP contribution in [0.15, 0.2) is 18.2 Å². The number of hydrogen-bond acceptors (Lipinski definition) is 4. The average Bonchev–Trinajstić information content (AvgIpc) is 2.42. The van der Waals surface area contributed by atoms with E-state index in [9.17, 15) is 20.4 Å². The van der Waals surface area contributed by atoms with Gasteiger partial charge in [-0.3, -0.25) is 0 Å². The van der Waals surface area contributed by atoms with Gasteiger partial charge in [-0.1, -0.05) is 12.1 Å². The van der Waals surface area contributed by atoms with Crippen LogP contribution in [-0.2, 0) is 6.42 Å². The summed E-state index contributed by atoms with van der Waals surface area (Å²) in [6.07, 6.45) is 0.410. The van der Waals surface area contributed by atoms with Crippen molar-refractivity contribution in [2.75, 3.05) is 0 Å². The summed E-state index contributed by atoms with van der Waals surface area (Å²) in [7, 11) is 0. The van der Waals surface area contributed by atoms with Crippen molar-refractivity contribution in [1.29, 1.82) is 0 Å². The van der Waals surface area contributed by atoms with Crippen LogP contribution in [0.25, 0.3) is 0 Å². The van der Waals surface area contributed by atoms with E-state index in [4.69, 9.17) is 0 Å². The molecule has 0 fully saturated rings. The van der Waals surface area contributed by atoms with E-state index >= 15 is 0 Å². The fourth-order valence-electron chi connectivity index (χ4n) is 2.29. The third-order valence-corrected chi connectivity index (χ3v) is 3.76. The minimum absolute atomic E-state index is 0.282. The molecule has 0 heterocycles. The molecule has 0 saturated heterocycles. The Morgan fingerprint density at radius 3 is 2.05 bits per heavy atom. The highest BCUT2D eigenvalue weighted by Crippen LogP contribution is 2.38. The predicted octanol–water partition coefficient (Wildman–Crippen LogP) is 3.03. The van der Waals surface area contributed by atoms with Gasteiger partial charge in [-0.15, -0.1) is 0 Å². The van der Waals surface area contributed by atoms with Crippen molar-refractivity contribution in [2.24, 2.45) is 0 Å². The number of phenols is 4. The largest absolute Gasteiger partial charge is 0.507 e. The summed E-state index contributed by atoms with van der Waals surface area (Å²) in [4.78, 5) is 0. The number of hydrogen-bond donors (Lipinski definition) is 4. The van der Waals surface area contributed by atoms with Crippen molar-refractivity contribution < 1.29 is 20.4 Å². The number of aromatic hydroxyl groups is 4. The molecule has 2 aromatic carbocycles. The Morgan fingerprint density at radius 2 is 1.40 bits per heavy atom. The lowest BCUT2D eigenvalue weighted by molar-refractivity contribution is 0.365. The van der Waals surface area contributed by atoms with Crippen LogP contribution in [0.4, 0.5) is 0 Å². The second-order valence-electron chi connectivity index (χ2n) is 5.07. The summed E-state index contributed by atoms with van der Waals surface area (Å²) in [6, 6.07) is 4.78. The fraction of sp³-hybridized carbons (Fsp3) is 0.250. The zero-order chi connectivity index (χ0) is 15.0. The molecular formula is C16H18O4. The molecule has 0 aliphatic rings. The quantitative estimate of drug-likeness (QED) is 0.634. The van der Waals surface area contributed by atoms with Crippen molar-refractivity contribution in [3.8, 4) is 23.0 Å². The summed E-state index contributed by atoms with van der Waals surface area (Å²) < 4.78 is 0. The first-order chi connectivity index (χ1) is 9.32. The van der Waals surface area contributed by atoms with Gasteiger partial charge in [-0.2, -0.15) is 0 Å². The summed E-state index contributed by atoms with van der Waals surface area (Å²) in [5, 5.41) is 38.6. The Labute approximate surface area is 117 Å². The van der Waals surface area contributed by atoms with Gasteiger partial charge in [-0.05, 0) is 49.1 Å². The highest BCUT2D eigenvalue weighted by molar-refractivity contribution is 5.56. The molecule has 2 rings (SSSR count). The van der Waals surface area contributed by atoms with E-state index in [-0.39, 0.29) is 17.2 Å². The van der Waals surface area contributed by atoms with E-state index < -0.39 is 5.75 Å². The summed E-state index contributed by atoms with van der Waals surface area (Å²) >= 11 is 0. The molecule has 0 saturated carbocycles. The molecule has 4 nitrogen and oxygen atoms in total. The highest BCUT2D eigenvalue weighted by Gasteiger charge is 2.14. The van der Waals surface area contributed by atoms with E-state index in [2.05, 4.69) is 0 Å². The Balaban J connectivity index is 2.48. The molecular weight excluding hydrogens is 256 g/mol. The van der Waals surface area contributed by atoms with E-state index in [0.717, 1.165) is 22.3 Å². The van der Waals surface area contributed by atoms with Crippen LogP contribution in [0.2, 0.25) is 0 Å². The first-order valence-electron chi connectivity index (χ1n) is 6.34. The number of phenolic OH excluding ortho intramolecular Hbond substituents is 4. The number of rotatable bonds is 2. The van der Waals surface area contributed by atoms with Gasteiger partial charge in [-0.25, -0.2) is 0 Å². The summed E-state index contributed by atoms with van der Waals surface area (Å²) in [5.74, 6) is -0.884. The Kier molecular flexibility index (Phi) is 3.49. The molecule has 0 bridgehead atoms. The zero-order valence-corrected chi connectivity index (χ0v) is 11.7. The van der Waals surface area contributed by atoms with Crippen LogP contribution in [0.1, 0.15) is 27.8 Å². The molecule has 4 N–H and O–H groups in total. The van der Waals surface area contributed by atoms with Crippen LogP contribution in [0.5, 0.6) is 23.0 Å². The Morgan fingerprint density at radius 1 is 0.750 bits per heavy atom. The molecule has 0 unspecified atom stereocenters. The lowest BCUT2D eigenvalue weighted by Gasteiger charge is -2.14. The lowest BCUT2D eigenvalue weighted by atomic mass is 9.93. The first kappa shape index (κ1) is 14.1. The van der Waals surface area contributed by atoms with Crippen LogP contribution in [0.3, 0.4) is 0 Å². The predicted molar refractivity (Wildman–Crippen MR) is 76.6 cm³/mol. The molecule has 0 aliphatic heterocycles. The van der Waals surface area contributed by atoms with Crippen molar-refractivity contribution >= 4 is 0 Å². The third kappa shape index (κ3) is 2.25. The maximum absolute atomic E-state index is 9.89. The second-order valence-corrected chi connectivity index (χ2v) is 5.07. The maximum atomic E-state index is 9.89. The van der Waals surface area contributed by atoms with E-state index in [1.807, 2.05) is 26.8 Å². The van der Waals surface area contributed by atoms with E-state index in [0.29, 0.717) is 12.0 Å². The minimum atomic E-state index is -0.507. The van der Waals surface area contributed by atoms with E-state index in [1.165, 1.54) is 6.07 Å². The van der Waals surface area contributed by atoms with Crippen molar-refractivity contribution in [2.45, 2.75) is 27.2 Å². The second kappa shape index (κ2) is 4.96. The van der Waals surface area contributed by atoms with Gasteiger partial charge >= 0.3 is 0 Å². The molecule has 2 aromatic rings. The number of benzene rings is 2. The third-order valence-electron chi connectivity index (χ3n) is 3.76. The van der Waals surface area contributed by atoms with Gasteiger partial charge in [0.1, 0.15) is 5.75 Å². The molecule has 0 amide bonds. The van der Waals surface area contributed by atoms with Gasteiger partial charge in [0.15, 0.2) is 11.5 Å². The highest BCUT2D eigenvalue weighted by atomic mass is 16.3. The van der Waals surface area contributed by atoms with Crippen LogP contribution < -0.4 is 0 Å². The molecule has 4 heteroatoms. The Bertz CT molecular complexity index is 675. The van der Waals surface area contributed by atoms with Crippen molar-refractivity contribution in [3.05, 3.63) is 46.0 Å². The van der Waals surface area contributed by atoms with Crippen molar-refractivity contribution in [1.82, 2.24) is 0 Å². The summed E-state index contributed by atoms with van der Waals surface area (Å²) in [5.41, 5.74) is 4.00. The molecule has 20 heavy (non-hydrogen) atoms. The van der Waals surface area contributed by atoms with Gasteiger partial charge < -0.3 is 20.4 Å². The van der Waals surface area contributed by atoms with Crippen LogP contribution in [-0.4, -0.2) is 20.4 Å². The van der Waals surface area contributed by atoms with Gasteiger partial charge in [0.25, 0.3) is 0 Å². The zero-order valence-electron chi connectivity index (χ0n) is 11.7. The number of aryl methyl sites for hydroxylation is 1. The SMILES string of the molecule is Cc1cc(Cc2ccc(O)c(O)c2O)c(C)c(C)c1O.